The Morgan fingerprint density at radius 2 is 2.10 bits per heavy atom. The van der Waals surface area contributed by atoms with Crippen molar-refractivity contribution in [1.29, 1.82) is 0 Å². The average Bonchev–Trinajstić information content (AvgIpc) is 3.03. The van der Waals surface area contributed by atoms with Crippen LogP contribution in [-0.4, -0.2) is 36.2 Å². The third-order valence-corrected chi connectivity index (χ3v) is 7.69. The highest BCUT2D eigenvalue weighted by molar-refractivity contribution is 5.86. The number of methoxy groups -OCH3 is 1. The first-order chi connectivity index (χ1) is 14.6. The number of ether oxygens (including phenoxy) is 1. The number of aromatic nitrogens is 1. The van der Waals surface area contributed by atoms with Gasteiger partial charge in [0.2, 0.25) is 0 Å². The quantitative estimate of drug-likeness (QED) is 0.571. The minimum absolute atomic E-state index is 0.163. The lowest BCUT2D eigenvalue weighted by Crippen LogP contribution is -2.53. The maximum Gasteiger partial charge on any atom is 0.119 e. The van der Waals surface area contributed by atoms with Gasteiger partial charge in [0.1, 0.15) is 5.75 Å². The molecule has 2 aliphatic rings. The van der Waals surface area contributed by atoms with Crippen LogP contribution in [0, 0.1) is 12.8 Å². The molecule has 0 bridgehead atoms. The molecule has 1 aliphatic carbocycles. The molecular weight excluding hydrogens is 368 g/mol. The topological polar surface area (TPSA) is 17.4 Å². The summed E-state index contributed by atoms with van der Waals surface area (Å²) >= 11 is 0. The third-order valence-electron chi connectivity index (χ3n) is 7.69. The van der Waals surface area contributed by atoms with Crippen LogP contribution < -0.4 is 4.74 Å². The molecule has 2 atom stereocenters. The van der Waals surface area contributed by atoms with E-state index in [1.54, 1.807) is 12.7 Å². The third kappa shape index (κ3) is 2.91. The molecule has 30 heavy (non-hydrogen) atoms. The summed E-state index contributed by atoms with van der Waals surface area (Å²) in [7, 11) is 4.03. The van der Waals surface area contributed by atoms with Crippen LogP contribution in [0.1, 0.15) is 28.8 Å². The normalized spacial score (nSPS) is 23.8. The van der Waals surface area contributed by atoms with Crippen molar-refractivity contribution in [2.75, 3.05) is 26.7 Å². The van der Waals surface area contributed by atoms with Gasteiger partial charge >= 0.3 is 0 Å². The van der Waals surface area contributed by atoms with Gasteiger partial charge in [-0.05, 0) is 73.5 Å². The van der Waals surface area contributed by atoms with Gasteiger partial charge in [-0.1, -0.05) is 30.3 Å². The lowest BCUT2D eigenvalue weighted by atomic mass is 9.58. The van der Waals surface area contributed by atoms with E-state index in [9.17, 15) is 0 Å². The predicted octanol–water partition coefficient (Wildman–Crippen LogP) is 5.04. The van der Waals surface area contributed by atoms with Crippen molar-refractivity contribution in [3.8, 4) is 5.75 Å². The van der Waals surface area contributed by atoms with E-state index in [0.29, 0.717) is 5.92 Å². The van der Waals surface area contributed by atoms with Crippen LogP contribution in [0.3, 0.4) is 0 Å². The highest BCUT2D eigenvalue weighted by Gasteiger charge is 2.48. The lowest BCUT2D eigenvalue weighted by molar-refractivity contribution is 0.0888. The molecule has 0 spiro atoms. The molecule has 2 heterocycles. The van der Waals surface area contributed by atoms with Crippen LogP contribution in [0.5, 0.6) is 5.75 Å². The van der Waals surface area contributed by atoms with Gasteiger partial charge in [0, 0.05) is 42.1 Å². The summed E-state index contributed by atoms with van der Waals surface area (Å²) < 4.78 is 8.07. The molecule has 2 aromatic carbocycles. The molecule has 1 fully saturated rings. The van der Waals surface area contributed by atoms with Gasteiger partial charge in [-0.25, -0.2) is 0 Å². The summed E-state index contributed by atoms with van der Waals surface area (Å²) in [5.41, 5.74) is 7.40. The van der Waals surface area contributed by atoms with E-state index in [1.807, 2.05) is 6.08 Å². The Morgan fingerprint density at radius 1 is 1.23 bits per heavy atom. The van der Waals surface area contributed by atoms with E-state index < -0.39 is 0 Å². The molecule has 0 amide bonds. The second-order valence-electron chi connectivity index (χ2n) is 9.27. The number of rotatable bonds is 4. The Hall–Kier alpha value is -2.52. The van der Waals surface area contributed by atoms with Gasteiger partial charge < -0.3 is 9.30 Å². The first-order valence-corrected chi connectivity index (χ1v) is 11.1. The van der Waals surface area contributed by atoms with E-state index in [-0.39, 0.29) is 5.41 Å². The van der Waals surface area contributed by atoms with Crippen LogP contribution in [-0.2, 0) is 25.3 Å². The minimum atomic E-state index is 0.163. The zero-order valence-electron chi connectivity index (χ0n) is 18.4. The zero-order chi connectivity index (χ0) is 20.9. The lowest BCUT2D eigenvalue weighted by Gasteiger charge is -2.51. The van der Waals surface area contributed by atoms with Crippen molar-refractivity contribution in [3.05, 3.63) is 77.5 Å². The van der Waals surface area contributed by atoms with Crippen molar-refractivity contribution >= 4 is 10.9 Å². The van der Waals surface area contributed by atoms with Crippen LogP contribution in [0.15, 0.2) is 55.1 Å². The van der Waals surface area contributed by atoms with Gasteiger partial charge in [-0.2, -0.15) is 0 Å². The Bertz CT molecular complexity index is 1110. The number of hydrogen-bond donors (Lipinski definition) is 0. The summed E-state index contributed by atoms with van der Waals surface area (Å²) in [5, 5.41) is 1.44. The smallest absolute Gasteiger partial charge is 0.119 e. The number of likely N-dealkylation sites (tertiary alicyclic amines) is 1. The van der Waals surface area contributed by atoms with E-state index >= 15 is 0 Å². The largest absolute Gasteiger partial charge is 0.497 e. The van der Waals surface area contributed by atoms with Gasteiger partial charge in [0.25, 0.3) is 0 Å². The Balaban J connectivity index is 1.67. The molecule has 3 heteroatoms. The van der Waals surface area contributed by atoms with Gasteiger partial charge in [-0.15, -0.1) is 6.58 Å². The highest BCUT2D eigenvalue weighted by Crippen LogP contribution is 2.50. The van der Waals surface area contributed by atoms with Crippen LogP contribution >= 0.6 is 0 Å². The predicted molar refractivity (Wildman–Crippen MR) is 124 cm³/mol. The van der Waals surface area contributed by atoms with Crippen molar-refractivity contribution in [3.63, 3.8) is 0 Å². The maximum atomic E-state index is 5.61. The fourth-order valence-electron chi connectivity index (χ4n) is 6.07. The van der Waals surface area contributed by atoms with Crippen LogP contribution in [0.25, 0.3) is 10.9 Å². The monoisotopic (exact) mass is 400 g/mol. The Labute approximate surface area is 180 Å². The van der Waals surface area contributed by atoms with Crippen molar-refractivity contribution in [2.45, 2.75) is 31.6 Å². The van der Waals surface area contributed by atoms with Gasteiger partial charge in [-0.3, -0.25) is 4.90 Å². The first kappa shape index (κ1) is 19.4. The van der Waals surface area contributed by atoms with Gasteiger partial charge in [0.15, 0.2) is 0 Å². The second kappa shape index (κ2) is 7.31. The van der Waals surface area contributed by atoms with Crippen molar-refractivity contribution in [1.82, 2.24) is 9.47 Å². The number of benzene rings is 2. The minimum Gasteiger partial charge on any atom is -0.497 e. The molecule has 156 valence electrons. The fourth-order valence-corrected chi connectivity index (χ4v) is 6.07. The standard InChI is InChI=1S/C27H32N2O/c1-5-12-29-13-11-27(20-7-6-8-22(15-20)30-4)17-26-24(16-21(27)18-29)23-10-9-19(2)14-25(23)28(26)3/h5-10,14-15,21H,1,11-13,16-18H2,2-4H3. The number of piperidine rings is 1. The molecule has 0 radical (unpaired) electrons. The molecule has 1 aliphatic heterocycles. The molecule has 0 N–H and O–H groups in total. The maximum absolute atomic E-state index is 5.61. The summed E-state index contributed by atoms with van der Waals surface area (Å²) in [4.78, 5) is 2.58. The molecule has 5 rings (SSSR count). The number of nitrogens with zero attached hydrogens (tertiary/aromatic N) is 2. The number of hydrogen-bond acceptors (Lipinski definition) is 2. The number of fused-ring (bicyclic) bond motifs is 4. The van der Waals surface area contributed by atoms with E-state index in [2.05, 4.69) is 72.5 Å². The molecule has 1 saturated heterocycles. The van der Waals surface area contributed by atoms with Crippen molar-refractivity contribution in [2.24, 2.45) is 13.0 Å². The Kier molecular flexibility index (Phi) is 4.74. The fraction of sp³-hybridized carbons (Fsp3) is 0.407. The second-order valence-corrected chi connectivity index (χ2v) is 9.27. The van der Waals surface area contributed by atoms with Crippen LogP contribution in [0.4, 0.5) is 0 Å². The molecule has 0 saturated carbocycles. The van der Waals surface area contributed by atoms with E-state index in [4.69, 9.17) is 4.74 Å². The average molecular weight is 401 g/mol. The molecule has 3 aromatic rings. The highest BCUT2D eigenvalue weighted by atomic mass is 16.5. The van der Waals surface area contributed by atoms with Crippen LogP contribution in [0.2, 0.25) is 0 Å². The SMILES string of the molecule is C=CCN1CCC2(c3cccc(OC)c3)Cc3c(c4ccc(C)cc4n3C)CC2C1. The summed E-state index contributed by atoms with van der Waals surface area (Å²) in [6.45, 7) is 9.41. The number of aryl methyl sites for hydroxylation is 2. The first-order valence-electron chi connectivity index (χ1n) is 11.1. The van der Waals surface area contributed by atoms with Gasteiger partial charge in [0.05, 0.1) is 7.11 Å². The van der Waals surface area contributed by atoms with E-state index in [0.717, 1.165) is 38.2 Å². The Morgan fingerprint density at radius 3 is 2.90 bits per heavy atom. The summed E-state index contributed by atoms with van der Waals surface area (Å²) in [6.07, 6.45) is 5.47. The summed E-state index contributed by atoms with van der Waals surface area (Å²) in [6, 6.07) is 15.8. The molecule has 1 aromatic heterocycles. The summed E-state index contributed by atoms with van der Waals surface area (Å²) in [5.74, 6) is 1.56. The molecule has 3 nitrogen and oxygen atoms in total. The van der Waals surface area contributed by atoms with E-state index in [1.165, 1.54) is 34.1 Å². The zero-order valence-corrected chi connectivity index (χ0v) is 18.4. The molecule has 2 unspecified atom stereocenters. The van der Waals surface area contributed by atoms with Crippen molar-refractivity contribution < 1.29 is 4.74 Å². The molecular formula is C27H32N2O.